The van der Waals surface area contributed by atoms with Crippen LogP contribution in [0.15, 0.2) is 142 Å². The first-order chi connectivity index (χ1) is 23.7. The summed E-state index contributed by atoms with van der Waals surface area (Å²) < 4.78 is 6.95. The van der Waals surface area contributed by atoms with Crippen LogP contribution in [0.5, 0.6) is 0 Å². The van der Waals surface area contributed by atoms with E-state index < -0.39 is 34.7 Å². The number of aliphatic hydroxyl groups is 1. The minimum Gasteiger partial charge on any atom is -0.468 e. The van der Waals surface area contributed by atoms with Crippen LogP contribution in [0.1, 0.15) is 45.3 Å². The third-order valence-electron chi connectivity index (χ3n) is 10.1. The highest BCUT2D eigenvalue weighted by atomic mass is 79.9. The quantitative estimate of drug-likeness (QED) is 0.135. The molecule has 0 aliphatic heterocycles. The van der Waals surface area contributed by atoms with Gasteiger partial charge >= 0.3 is 5.97 Å². The fourth-order valence-electron chi connectivity index (χ4n) is 7.89. The molecule has 0 aromatic heterocycles. The zero-order valence-electron chi connectivity index (χ0n) is 26.5. The van der Waals surface area contributed by atoms with Crippen molar-refractivity contribution in [1.29, 1.82) is 5.26 Å². The second-order valence-electron chi connectivity index (χ2n) is 12.7. The highest BCUT2D eigenvalue weighted by molar-refractivity contribution is 9.10. The van der Waals surface area contributed by atoms with Crippen molar-refractivity contribution in [2.75, 3.05) is 7.11 Å². The molecule has 49 heavy (non-hydrogen) atoms. The fraction of sp³-hybridized carbons (Fsp3) is 0.167. The average molecular weight is 774 g/mol. The molecule has 7 heteroatoms. The Morgan fingerprint density at radius 3 is 1.92 bits per heavy atom. The van der Waals surface area contributed by atoms with E-state index in [0.717, 1.165) is 26.0 Å². The Balaban J connectivity index is 1.58. The van der Waals surface area contributed by atoms with Gasteiger partial charge in [0, 0.05) is 26.3 Å². The Labute approximate surface area is 301 Å². The van der Waals surface area contributed by atoms with Crippen LogP contribution in [-0.2, 0) is 15.1 Å². The van der Waals surface area contributed by atoms with Gasteiger partial charge in [0.1, 0.15) is 5.60 Å². The number of rotatable bonds is 6. The largest absolute Gasteiger partial charge is 0.468 e. The summed E-state index contributed by atoms with van der Waals surface area (Å²) in [5.74, 6) is -4.41. The van der Waals surface area contributed by atoms with Crippen molar-refractivity contribution in [3.8, 4) is 6.07 Å². The molecule has 1 aliphatic rings. The summed E-state index contributed by atoms with van der Waals surface area (Å²) in [6.45, 7) is 0. The van der Waals surface area contributed by atoms with Crippen molar-refractivity contribution in [2.45, 2.75) is 23.9 Å². The molecule has 0 amide bonds. The lowest BCUT2D eigenvalue weighted by atomic mass is 9.47. The summed E-state index contributed by atoms with van der Waals surface area (Å²) in [6, 6.07) is 43.9. The summed E-state index contributed by atoms with van der Waals surface area (Å²) >= 11 is 7.16. The number of esters is 1. The van der Waals surface area contributed by atoms with Crippen molar-refractivity contribution in [1.82, 2.24) is 0 Å². The van der Waals surface area contributed by atoms with E-state index in [9.17, 15) is 15.2 Å². The van der Waals surface area contributed by atoms with Gasteiger partial charge in [0.05, 0.1) is 19.1 Å². The molecule has 1 saturated carbocycles. The summed E-state index contributed by atoms with van der Waals surface area (Å²) in [6.07, 6.45) is -0.0983. The van der Waals surface area contributed by atoms with Crippen LogP contribution in [0.4, 0.5) is 0 Å². The number of nitriles is 1. The summed E-state index contributed by atoms with van der Waals surface area (Å²) in [7, 11) is 1.27. The monoisotopic (exact) mass is 771 g/mol. The van der Waals surface area contributed by atoms with Gasteiger partial charge in [0.15, 0.2) is 11.2 Å². The van der Waals surface area contributed by atoms with E-state index in [0.29, 0.717) is 26.7 Å². The van der Waals surface area contributed by atoms with Crippen LogP contribution in [0, 0.1) is 22.7 Å². The minimum absolute atomic E-state index is 0.0983. The molecule has 7 rings (SSSR count). The van der Waals surface area contributed by atoms with Crippen LogP contribution < -0.4 is 0 Å². The lowest BCUT2D eigenvalue weighted by molar-refractivity contribution is -0.162. The predicted octanol–water partition coefficient (Wildman–Crippen LogP) is 9.86. The zero-order valence-corrected chi connectivity index (χ0v) is 29.7. The van der Waals surface area contributed by atoms with Gasteiger partial charge in [-0.3, -0.25) is 9.59 Å². The van der Waals surface area contributed by atoms with E-state index in [1.54, 1.807) is 6.07 Å². The summed E-state index contributed by atoms with van der Waals surface area (Å²) in [5, 5.41) is 28.6. The normalized spacial score (nSPS) is 23.5. The van der Waals surface area contributed by atoms with Gasteiger partial charge in [-0.25, -0.2) is 0 Å². The Morgan fingerprint density at radius 1 is 0.735 bits per heavy atom. The van der Waals surface area contributed by atoms with Gasteiger partial charge in [-0.1, -0.05) is 129 Å². The van der Waals surface area contributed by atoms with E-state index >= 15 is 4.79 Å². The first-order valence-corrected chi connectivity index (χ1v) is 17.5. The van der Waals surface area contributed by atoms with Crippen molar-refractivity contribution in [3.05, 3.63) is 165 Å². The highest BCUT2D eigenvalue weighted by Gasteiger charge is 2.67. The molecular weight excluding hydrogens is 742 g/mol. The molecule has 1 N–H and O–H groups in total. The molecule has 1 fully saturated rings. The number of ketones is 1. The SMILES string of the molecule is COC(=O)[C@]1(C#N)[C@H](c2cccc(Br)c2)C[C@](O)(c2ccc3ccccc3c2)[C@@H](C(=O)c2ccc3ccccc3c2)[C@@H]1c1cccc(Br)c1. The van der Waals surface area contributed by atoms with Crippen LogP contribution in [-0.4, -0.2) is 24.0 Å². The number of benzene rings is 6. The maximum absolute atomic E-state index is 15.3. The van der Waals surface area contributed by atoms with Crippen molar-refractivity contribution in [2.24, 2.45) is 11.3 Å². The van der Waals surface area contributed by atoms with E-state index in [1.807, 2.05) is 127 Å². The predicted molar refractivity (Wildman–Crippen MR) is 198 cm³/mol. The Kier molecular flexibility index (Phi) is 8.74. The first kappa shape index (κ1) is 32.9. The maximum atomic E-state index is 15.3. The number of carbonyl (C=O) groups is 2. The van der Waals surface area contributed by atoms with Crippen molar-refractivity contribution >= 4 is 65.2 Å². The van der Waals surface area contributed by atoms with Gasteiger partial charge in [-0.15, -0.1) is 0 Å². The van der Waals surface area contributed by atoms with Gasteiger partial charge in [0.2, 0.25) is 0 Å². The maximum Gasteiger partial charge on any atom is 0.327 e. The number of nitrogens with zero attached hydrogens (tertiary/aromatic N) is 1. The average Bonchev–Trinajstić information content (AvgIpc) is 3.13. The number of hydrogen-bond acceptors (Lipinski definition) is 5. The Morgan fingerprint density at radius 2 is 1.31 bits per heavy atom. The molecule has 1 aliphatic carbocycles. The van der Waals surface area contributed by atoms with Crippen LogP contribution >= 0.6 is 31.9 Å². The number of fused-ring (bicyclic) bond motifs is 2. The molecule has 242 valence electrons. The molecular formula is C42H31Br2NO4. The molecule has 0 heterocycles. The lowest BCUT2D eigenvalue weighted by Gasteiger charge is -2.54. The molecule has 5 atom stereocenters. The number of ether oxygens (including phenoxy) is 1. The Hall–Kier alpha value is -4.61. The third kappa shape index (κ3) is 5.58. The molecule has 5 nitrogen and oxygen atoms in total. The smallest absolute Gasteiger partial charge is 0.327 e. The molecule has 0 unspecified atom stereocenters. The van der Waals surface area contributed by atoms with Crippen molar-refractivity contribution < 1.29 is 19.4 Å². The lowest BCUT2D eigenvalue weighted by Crippen LogP contribution is -2.59. The summed E-state index contributed by atoms with van der Waals surface area (Å²) in [4.78, 5) is 29.7. The van der Waals surface area contributed by atoms with E-state index in [2.05, 4.69) is 37.9 Å². The van der Waals surface area contributed by atoms with Gasteiger partial charge in [-0.2, -0.15) is 5.26 Å². The number of hydrogen-bond donors (Lipinski definition) is 1. The summed E-state index contributed by atoms with van der Waals surface area (Å²) in [5.41, 5.74) is -1.61. The number of Topliss-reactive ketones (excluding diaryl/α,β-unsaturated/α-hetero) is 1. The van der Waals surface area contributed by atoms with Crippen molar-refractivity contribution in [3.63, 3.8) is 0 Å². The molecule has 6 aromatic carbocycles. The molecule has 0 saturated heterocycles. The molecule has 0 radical (unpaired) electrons. The van der Waals surface area contributed by atoms with Crippen LogP contribution in [0.25, 0.3) is 21.5 Å². The first-order valence-electron chi connectivity index (χ1n) is 15.9. The van der Waals surface area contributed by atoms with Gasteiger partial charge in [-0.05, 0) is 81.1 Å². The van der Waals surface area contributed by atoms with Gasteiger partial charge < -0.3 is 9.84 Å². The Bertz CT molecular complexity index is 2300. The van der Waals surface area contributed by atoms with Gasteiger partial charge in [0.25, 0.3) is 0 Å². The van der Waals surface area contributed by atoms with Crippen LogP contribution in [0.2, 0.25) is 0 Å². The highest BCUT2D eigenvalue weighted by Crippen LogP contribution is 2.64. The molecule has 0 bridgehead atoms. The molecule has 6 aromatic rings. The van der Waals surface area contributed by atoms with E-state index in [-0.39, 0.29) is 12.2 Å². The topological polar surface area (TPSA) is 87.4 Å². The standard InChI is InChI=1S/C42H31Br2NO4/c1-49-40(47)41(25-45)36(30-12-6-14-34(43)22-30)24-42(48,33-19-18-27-9-3-5-11-29(27)21-33)38(37(41)31-13-7-15-35(44)23-31)39(46)32-17-16-26-8-2-4-10-28(26)20-32/h2-23,36-38,48H,24H2,1H3/t36-,37-,38+,41+,42-/m0/s1. The number of carbonyl (C=O) groups excluding carboxylic acids is 2. The number of methoxy groups -OCH3 is 1. The van der Waals surface area contributed by atoms with E-state index in [1.165, 1.54) is 7.11 Å². The zero-order chi connectivity index (χ0) is 34.3. The molecule has 0 spiro atoms. The minimum atomic E-state index is -1.91. The number of halogens is 2. The van der Waals surface area contributed by atoms with Crippen LogP contribution in [0.3, 0.4) is 0 Å². The second-order valence-corrected chi connectivity index (χ2v) is 14.5. The van der Waals surface area contributed by atoms with E-state index in [4.69, 9.17) is 4.74 Å². The fourth-order valence-corrected chi connectivity index (χ4v) is 8.73. The third-order valence-corrected chi connectivity index (χ3v) is 11.1. The second kappa shape index (κ2) is 13.0.